The molecule has 3 atom stereocenters. The highest BCUT2D eigenvalue weighted by molar-refractivity contribution is 5.96. The number of rotatable bonds is 4. The molecule has 4 nitrogen and oxygen atoms in total. The van der Waals surface area contributed by atoms with Gasteiger partial charge in [-0.2, -0.15) is 0 Å². The van der Waals surface area contributed by atoms with Crippen molar-refractivity contribution in [2.45, 2.75) is 51.6 Å². The number of amides is 1. The molecule has 1 aromatic carbocycles. The van der Waals surface area contributed by atoms with E-state index < -0.39 is 0 Å². The van der Waals surface area contributed by atoms with Crippen molar-refractivity contribution in [3.8, 4) is 0 Å². The Morgan fingerprint density at radius 1 is 1.28 bits per heavy atom. The van der Waals surface area contributed by atoms with Crippen molar-refractivity contribution < 1.29 is 14.3 Å². The van der Waals surface area contributed by atoms with E-state index in [0.29, 0.717) is 11.3 Å². The van der Waals surface area contributed by atoms with Crippen LogP contribution in [0.15, 0.2) is 40.8 Å². The second-order valence-corrected chi connectivity index (χ2v) is 7.67. The fourth-order valence-corrected chi connectivity index (χ4v) is 5.00. The zero-order valence-electron chi connectivity index (χ0n) is 14.9. The quantitative estimate of drug-likeness (QED) is 0.928. The van der Waals surface area contributed by atoms with E-state index in [1.807, 2.05) is 43.0 Å². The number of hydrogen-bond donors (Lipinski definition) is 1. The van der Waals surface area contributed by atoms with Crippen LogP contribution in [-0.2, 0) is 6.42 Å². The summed E-state index contributed by atoms with van der Waals surface area (Å²) in [5.41, 5.74) is 1.67. The molecule has 2 aliphatic rings. The molecule has 0 radical (unpaired) electrons. The summed E-state index contributed by atoms with van der Waals surface area (Å²) < 4.78 is 5.56. The highest BCUT2D eigenvalue weighted by Crippen LogP contribution is 2.51. The highest BCUT2D eigenvalue weighted by atomic mass is 16.3. The molecular weight excluding hydrogens is 314 g/mol. The van der Waals surface area contributed by atoms with E-state index in [2.05, 4.69) is 12.1 Å². The number of nitrogens with zero attached hydrogens (tertiary/aromatic N) is 1. The fraction of sp³-hybridized carbons (Fsp3) is 0.476. The van der Waals surface area contributed by atoms with Crippen molar-refractivity contribution in [3.63, 3.8) is 0 Å². The minimum absolute atomic E-state index is 0.0604. The van der Waals surface area contributed by atoms with Gasteiger partial charge in [0.2, 0.25) is 0 Å². The van der Waals surface area contributed by atoms with Crippen molar-refractivity contribution in [3.05, 3.63) is 59.0 Å². The summed E-state index contributed by atoms with van der Waals surface area (Å²) in [5, 5.41) is 10.3. The number of aryl methyl sites for hydroxylation is 2. The second kappa shape index (κ2) is 6.03. The Hall–Kier alpha value is -2.07. The summed E-state index contributed by atoms with van der Waals surface area (Å²) in [4.78, 5) is 15.2. The Bertz CT molecular complexity index is 782. The van der Waals surface area contributed by atoms with Crippen molar-refractivity contribution in [1.82, 2.24) is 4.90 Å². The Morgan fingerprint density at radius 2 is 2.04 bits per heavy atom. The van der Waals surface area contributed by atoms with Gasteiger partial charge < -0.3 is 14.4 Å². The number of hydrogen-bond acceptors (Lipinski definition) is 3. The monoisotopic (exact) mass is 339 g/mol. The molecule has 2 saturated heterocycles. The van der Waals surface area contributed by atoms with Crippen LogP contribution in [0.25, 0.3) is 0 Å². The van der Waals surface area contributed by atoms with Gasteiger partial charge in [-0.1, -0.05) is 30.3 Å². The lowest BCUT2D eigenvalue weighted by molar-refractivity contribution is 0.0570. The summed E-state index contributed by atoms with van der Waals surface area (Å²) in [6.07, 6.45) is 3.70. The molecule has 4 heteroatoms. The molecular formula is C21H25NO3. The maximum Gasteiger partial charge on any atom is 0.257 e. The van der Waals surface area contributed by atoms with Gasteiger partial charge in [0.15, 0.2) is 0 Å². The van der Waals surface area contributed by atoms with E-state index in [0.717, 1.165) is 31.4 Å². The molecule has 0 saturated carbocycles. The molecule has 25 heavy (non-hydrogen) atoms. The topological polar surface area (TPSA) is 53.7 Å². The van der Waals surface area contributed by atoms with Gasteiger partial charge in [-0.15, -0.1) is 0 Å². The maximum atomic E-state index is 13.2. The molecule has 2 aromatic rings. The summed E-state index contributed by atoms with van der Waals surface area (Å²) in [7, 11) is 0. The van der Waals surface area contributed by atoms with Gasteiger partial charge in [-0.3, -0.25) is 4.79 Å². The fourth-order valence-electron chi connectivity index (χ4n) is 5.00. The zero-order chi connectivity index (χ0) is 17.6. The first-order valence-corrected chi connectivity index (χ1v) is 9.08. The van der Waals surface area contributed by atoms with Gasteiger partial charge in [0, 0.05) is 17.5 Å². The van der Waals surface area contributed by atoms with E-state index in [9.17, 15) is 9.90 Å². The normalized spacial score (nSPS) is 27.9. The van der Waals surface area contributed by atoms with E-state index in [1.54, 1.807) is 0 Å². The third-order valence-electron chi connectivity index (χ3n) is 6.07. The standard InChI is InChI=1S/C21H25NO3/c1-14-10-18(15(2)25-14)20(24)22-17-8-9-19(22)21(12-17,13-23)11-16-6-4-3-5-7-16/h3-7,10,17,19,23H,8-9,11-13H2,1-2H3/t17-,19+,21-/m0/s1. The minimum atomic E-state index is -0.230. The average molecular weight is 339 g/mol. The van der Waals surface area contributed by atoms with E-state index in [-0.39, 0.29) is 30.0 Å². The number of aliphatic hydroxyl groups is 1. The van der Waals surface area contributed by atoms with Gasteiger partial charge in [-0.05, 0) is 51.2 Å². The molecule has 2 bridgehead atoms. The maximum absolute atomic E-state index is 13.2. The predicted molar refractivity (Wildman–Crippen MR) is 95.4 cm³/mol. The van der Waals surface area contributed by atoms with Crippen LogP contribution in [0.2, 0.25) is 0 Å². The summed E-state index contributed by atoms with van der Waals surface area (Å²) in [6.45, 7) is 3.84. The Balaban J connectivity index is 1.64. The third-order valence-corrected chi connectivity index (χ3v) is 6.07. The van der Waals surface area contributed by atoms with E-state index >= 15 is 0 Å². The minimum Gasteiger partial charge on any atom is -0.466 e. The van der Waals surface area contributed by atoms with Crippen LogP contribution in [0, 0.1) is 19.3 Å². The van der Waals surface area contributed by atoms with Gasteiger partial charge in [0.05, 0.1) is 12.2 Å². The zero-order valence-corrected chi connectivity index (χ0v) is 14.9. The SMILES string of the molecule is Cc1cc(C(=O)N2[C@H]3CC[C@@H]2[C@@](CO)(Cc2ccccc2)C3)c(C)o1. The first-order valence-electron chi connectivity index (χ1n) is 9.08. The van der Waals surface area contributed by atoms with Gasteiger partial charge in [0.1, 0.15) is 11.5 Å². The van der Waals surface area contributed by atoms with E-state index in [4.69, 9.17) is 4.42 Å². The molecule has 0 aliphatic carbocycles. The summed E-state index contributed by atoms with van der Waals surface area (Å²) in [6, 6.07) is 12.5. The average Bonchev–Trinajstić information content (AvgIpc) is 3.26. The van der Waals surface area contributed by atoms with Gasteiger partial charge in [0.25, 0.3) is 5.91 Å². The lowest BCUT2D eigenvalue weighted by Gasteiger charge is -2.36. The van der Waals surface area contributed by atoms with Crippen LogP contribution >= 0.6 is 0 Å². The molecule has 0 unspecified atom stereocenters. The second-order valence-electron chi connectivity index (χ2n) is 7.67. The third kappa shape index (κ3) is 2.60. The number of benzene rings is 1. The van der Waals surface area contributed by atoms with Crippen molar-refractivity contribution in [2.24, 2.45) is 5.41 Å². The molecule has 2 fully saturated rings. The number of carbonyl (C=O) groups is 1. The number of fused-ring (bicyclic) bond motifs is 2. The molecule has 132 valence electrons. The lowest BCUT2D eigenvalue weighted by Crippen LogP contribution is -2.44. The largest absolute Gasteiger partial charge is 0.466 e. The predicted octanol–water partition coefficient (Wildman–Crippen LogP) is 3.49. The van der Waals surface area contributed by atoms with Crippen molar-refractivity contribution >= 4 is 5.91 Å². The molecule has 0 spiro atoms. The van der Waals surface area contributed by atoms with Crippen molar-refractivity contribution in [1.29, 1.82) is 0 Å². The molecule has 1 aromatic heterocycles. The smallest absolute Gasteiger partial charge is 0.257 e. The molecule has 2 aliphatic heterocycles. The summed E-state index contributed by atoms with van der Waals surface area (Å²) in [5.74, 6) is 1.52. The molecule has 1 amide bonds. The van der Waals surface area contributed by atoms with Crippen LogP contribution in [0.3, 0.4) is 0 Å². The van der Waals surface area contributed by atoms with Gasteiger partial charge >= 0.3 is 0 Å². The molecule has 1 N–H and O–H groups in total. The number of furan rings is 1. The van der Waals surface area contributed by atoms with E-state index in [1.165, 1.54) is 5.56 Å². The molecule has 3 heterocycles. The Morgan fingerprint density at radius 3 is 2.68 bits per heavy atom. The number of carbonyl (C=O) groups excluding carboxylic acids is 1. The van der Waals surface area contributed by atoms with Crippen LogP contribution in [0.5, 0.6) is 0 Å². The lowest BCUT2D eigenvalue weighted by atomic mass is 9.70. The first-order chi connectivity index (χ1) is 12.0. The van der Waals surface area contributed by atoms with Gasteiger partial charge in [-0.25, -0.2) is 0 Å². The first kappa shape index (κ1) is 16.4. The summed E-state index contributed by atoms with van der Waals surface area (Å²) >= 11 is 0. The molecule has 4 rings (SSSR count). The van der Waals surface area contributed by atoms with Crippen molar-refractivity contribution in [2.75, 3.05) is 6.61 Å². The highest BCUT2D eigenvalue weighted by Gasteiger charge is 2.57. The van der Waals surface area contributed by atoms with Crippen LogP contribution in [-0.4, -0.2) is 34.6 Å². The van der Waals surface area contributed by atoms with Crippen LogP contribution in [0.4, 0.5) is 0 Å². The van der Waals surface area contributed by atoms with Crippen LogP contribution in [0.1, 0.15) is 46.7 Å². The van der Waals surface area contributed by atoms with Crippen LogP contribution < -0.4 is 0 Å². The number of aliphatic hydroxyl groups excluding tert-OH is 1. The Labute approximate surface area is 148 Å². The Kier molecular flexibility index (Phi) is 3.95.